The van der Waals surface area contributed by atoms with E-state index in [0.717, 1.165) is 5.30 Å². The van der Waals surface area contributed by atoms with Gasteiger partial charge < -0.3 is 4.52 Å². The van der Waals surface area contributed by atoms with Crippen molar-refractivity contribution in [2.75, 3.05) is 6.66 Å². The minimum atomic E-state index is -2.60. The first-order valence-corrected chi connectivity index (χ1v) is 6.41. The minimum absolute atomic E-state index is 0.00367. The molecule has 0 amide bonds. The van der Waals surface area contributed by atoms with E-state index in [2.05, 4.69) is 0 Å². The molecule has 0 aliphatic heterocycles. The zero-order valence-corrected chi connectivity index (χ0v) is 9.12. The van der Waals surface area contributed by atoms with E-state index in [1.54, 1.807) is 6.66 Å². The molecular formula is C10H15O2P. The first-order valence-electron chi connectivity index (χ1n) is 4.34. The van der Waals surface area contributed by atoms with E-state index in [9.17, 15) is 4.57 Å². The third-order valence-electron chi connectivity index (χ3n) is 1.64. The van der Waals surface area contributed by atoms with Gasteiger partial charge in [-0.1, -0.05) is 18.2 Å². The normalized spacial score (nSPS) is 15.7. The Kier molecular flexibility index (Phi) is 3.29. The lowest BCUT2D eigenvalue weighted by Crippen LogP contribution is -2.09. The Morgan fingerprint density at radius 2 is 1.77 bits per heavy atom. The summed E-state index contributed by atoms with van der Waals surface area (Å²) in [6, 6.07) is 9.32. The molecule has 1 aromatic carbocycles. The maximum Gasteiger partial charge on any atom is 0.229 e. The van der Waals surface area contributed by atoms with E-state index in [1.165, 1.54) is 0 Å². The monoisotopic (exact) mass is 198 g/mol. The molecule has 0 saturated heterocycles. The topological polar surface area (TPSA) is 26.3 Å². The highest BCUT2D eigenvalue weighted by Gasteiger charge is 2.19. The van der Waals surface area contributed by atoms with Crippen LogP contribution in [-0.2, 0) is 9.09 Å². The maximum absolute atomic E-state index is 12.0. The molecule has 1 atom stereocenters. The summed E-state index contributed by atoms with van der Waals surface area (Å²) in [7, 11) is -2.60. The van der Waals surface area contributed by atoms with E-state index in [0.29, 0.717) is 0 Å². The number of hydrogen-bond donors (Lipinski definition) is 0. The minimum Gasteiger partial charge on any atom is -0.323 e. The van der Waals surface area contributed by atoms with Crippen LogP contribution in [-0.4, -0.2) is 12.8 Å². The second kappa shape index (κ2) is 4.08. The van der Waals surface area contributed by atoms with Gasteiger partial charge in [-0.05, 0) is 26.0 Å². The quantitative estimate of drug-likeness (QED) is 0.698. The molecule has 0 bridgehead atoms. The molecule has 1 aromatic rings. The first-order chi connectivity index (χ1) is 6.02. The Balaban J connectivity index is 2.88. The first kappa shape index (κ1) is 10.5. The molecule has 0 saturated carbocycles. The van der Waals surface area contributed by atoms with Gasteiger partial charge in [0.2, 0.25) is 7.37 Å². The zero-order valence-electron chi connectivity index (χ0n) is 8.23. The second-order valence-electron chi connectivity index (χ2n) is 3.34. The van der Waals surface area contributed by atoms with Crippen molar-refractivity contribution in [1.82, 2.24) is 0 Å². The average Bonchev–Trinajstić information content (AvgIpc) is 2.04. The van der Waals surface area contributed by atoms with Crippen LogP contribution in [0.15, 0.2) is 30.3 Å². The molecule has 1 rings (SSSR count). The fraction of sp³-hybridized carbons (Fsp3) is 0.400. The molecule has 0 fully saturated rings. The van der Waals surface area contributed by atoms with Crippen molar-refractivity contribution in [3.8, 4) is 0 Å². The highest BCUT2D eigenvalue weighted by molar-refractivity contribution is 7.66. The van der Waals surface area contributed by atoms with Gasteiger partial charge in [0, 0.05) is 12.0 Å². The van der Waals surface area contributed by atoms with E-state index in [4.69, 9.17) is 4.52 Å². The van der Waals surface area contributed by atoms with Crippen molar-refractivity contribution in [2.45, 2.75) is 20.0 Å². The highest BCUT2D eigenvalue weighted by Crippen LogP contribution is 2.42. The van der Waals surface area contributed by atoms with Crippen LogP contribution < -0.4 is 5.30 Å². The van der Waals surface area contributed by atoms with Crippen LogP contribution in [0.4, 0.5) is 0 Å². The van der Waals surface area contributed by atoms with Gasteiger partial charge in [0.25, 0.3) is 0 Å². The summed E-state index contributed by atoms with van der Waals surface area (Å²) in [5.41, 5.74) is 0. The Hall–Kier alpha value is -0.590. The summed E-state index contributed by atoms with van der Waals surface area (Å²) in [6.45, 7) is 5.43. The summed E-state index contributed by atoms with van der Waals surface area (Å²) in [5, 5.41) is 0.781. The Morgan fingerprint density at radius 1 is 1.23 bits per heavy atom. The zero-order chi connectivity index (χ0) is 9.90. The lowest BCUT2D eigenvalue weighted by molar-refractivity contribution is 0.251. The van der Waals surface area contributed by atoms with Crippen molar-refractivity contribution in [2.24, 2.45) is 0 Å². The molecule has 0 aliphatic rings. The van der Waals surface area contributed by atoms with Gasteiger partial charge in [0.15, 0.2) is 0 Å². The summed E-state index contributed by atoms with van der Waals surface area (Å²) in [4.78, 5) is 0. The van der Waals surface area contributed by atoms with Crippen LogP contribution in [0.1, 0.15) is 13.8 Å². The third kappa shape index (κ3) is 2.98. The lowest BCUT2D eigenvalue weighted by Gasteiger charge is -2.16. The summed E-state index contributed by atoms with van der Waals surface area (Å²) in [5.74, 6) is 0. The molecule has 2 nitrogen and oxygen atoms in total. The molecule has 13 heavy (non-hydrogen) atoms. The standard InChI is InChI=1S/C10H15O2P/c1-9(2)12-13(3,11)10-7-5-4-6-8-10/h4-9H,1-3H3. The molecule has 1 unspecified atom stereocenters. The van der Waals surface area contributed by atoms with E-state index in [1.807, 2.05) is 44.2 Å². The van der Waals surface area contributed by atoms with Crippen LogP contribution in [0, 0.1) is 0 Å². The fourth-order valence-corrected chi connectivity index (χ4v) is 2.80. The summed E-state index contributed by atoms with van der Waals surface area (Å²) in [6.07, 6.45) is -0.00367. The van der Waals surface area contributed by atoms with Crippen LogP contribution >= 0.6 is 7.37 Å². The molecule has 0 heterocycles. The maximum atomic E-state index is 12.0. The van der Waals surface area contributed by atoms with Gasteiger partial charge in [0.05, 0.1) is 6.10 Å². The van der Waals surface area contributed by atoms with Crippen molar-refractivity contribution in [1.29, 1.82) is 0 Å². The van der Waals surface area contributed by atoms with Crippen molar-refractivity contribution in [3.63, 3.8) is 0 Å². The van der Waals surface area contributed by atoms with Gasteiger partial charge >= 0.3 is 0 Å². The molecule has 0 spiro atoms. The number of rotatable bonds is 3. The Bertz CT molecular complexity index is 306. The van der Waals surface area contributed by atoms with Gasteiger partial charge in [-0.3, -0.25) is 4.57 Å². The molecular weight excluding hydrogens is 183 g/mol. The van der Waals surface area contributed by atoms with Gasteiger partial charge in [-0.2, -0.15) is 0 Å². The number of hydrogen-bond acceptors (Lipinski definition) is 2. The van der Waals surface area contributed by atoms with Crippen LogP contribution in [0.25, 0.3) is 0 Å². The van der Waals surface area contributed by atoms with Crippen LogP contribution in [0.3, 0.4) is 0 Å². The van der Waals surface area contributed by atoms with Crippen LogP contribution in [0.5, 0.6) is 0 Å². The van der Waals surface area contributed by atoms with E-state index >= 15 is 0 Å². The predicted molar refractivity (Wildman–Crippen MR) is 55.8 cm³/mol. The third-order valence-corrected chi connectivity index (χ3v) is 3.70. The van der Waals surface area contributed by atoms with Crippen LogP contribution in [0.2, 0.25) is 0 Å². The molecule has 0 N–H and O–H groups in total. The van der Waals surface area contributed by atoms with E-state index < -0.39 is 7.37 Å². The van der Waals surface area contributed by atoms with Crippen molar-refractivity contribution < 1.29 is 9.09 Å². The van der Waals surface area contributed by atoms with Crippen molar-refractivity contribution >= 4 is 12.7 Å². The molecule has 3 heteroatoms. The van der Waals surface area contributed by atoms with Crippen molar-refractivity contribution in [3.05, 3.63) is 30.3 Å². The smallest absolute Gasteiger partial charge is 0.229 e. The van der Waals surface area contributed by atoms with Gasteiger partial charge in [-0.25, -0.2) is 0 Å². The average molecular weight is 198 g/mol. The fourth-order valence-electron chi connectivity index (χ4n) is 1.16. The highest BCUT2D eigenvalue weighted by atomic mass is 31.2. The molecule has 72 valence electrons. The molecule has 0 aliphatic carbocycles. The second-order valence-corrected chi connectivity index (χ2v) is 5.75. The molecule has 0 radical (unpaired) electrons. The van der Waals surface area contributed by atoms with E-state index in [-0.39, 0.29) is 6.10 Å². The largest absolute Gasteiger partial charge is 0.323 e. The Morgan fingerprint density at radius 3 is 2.23 bits per heavy atom. The van der Waals surface area contributed by atoms with Gasteiger partial charge in [0.1, 0.15) is 0 Å². The predicted octanol–water partition coefficient (Wildman–Crippen LogP) is 2.64. The van der Waals surface area contributed by atoms with Gasteiger partial charge in [-0.15, -0.1) is 0 Å². The number of benzene rings is 1. The molecule has 0 aromatic heterocycles. The SMILES string of the molecule is CC(C)OP(C)(=O)c1ccccc1. The lowest BCUT2D eigenvalue weighted by atomic mass is 10.4. The summed E-state index contributed by atoms with van der Waals surface area (Å²) < 4.78 is 17.4. The summed E-state index contributed by atoms with van der Waals surface area (Å²) >= 11 is 0. The Labute approximate surface area is 79.4 Å².